The largest absolute Gasteiger partial charge is 0.496 e. The van der Waals surface area contributed by atoms with Crippen molar-refractivity contribution in [2.45, 2.75) is 20.0 Å². The lowest BCUT2D eigenvalue weighted by Crippen LogP contribution is -2.46. The molecule has 1 fully saturated rings. The Morgan fingerprint density at radius 2 is 1.77 bits per heavy atom. The minimum atomic E-state index is -0.170. The fraction of sp³-hybridized carbons (Fsp3) is 0.435. The monoisotopic (exact) mass is 541 g/mol. The van der Waals surface area contributed by atoms with Crippen molar-refractivity contribution in [3.8, 4) is 5.75 Å². The van der Waals surface area contributed by atoms with Crippen LogP contribution in [0.2, 0.25) is 0 Å². The second kappa shape index (κ2) is 12.7. The second-order valence-electron chi connectivity index (χ2n) is 7.30. The van der Waals surface area contributed by atoms with Gasteiger partial charge in [-0.15, -0.1) is 24.0 Å². The number of hydrogen-bond donors (Lipinski definition) is 2. The number of nitrogens with zero attached hydrogens (tertiary/aromatic N) is 3. The van der Waals surface area contributed by atoms with E-state index in [1.165, 1.54) is 0 Å². The Labute approximate surface area is 201 Å². The van der Waals surface area contributed by atoms with Crippen molar-refractivity contribution in [1.29, 1.82) is 0 Å². The molecule has 6 nitrogen and oxygen atoms in total. The molecule has 0 bridgehead atoms. The van der Waals surface area contributed by atoms with Crippen LogP contribution in [0.5, 0.6) is 5.75 Å². The van der Waals surface area contributed by atoms with E-state index in [0.717, 1.165) is 49.6 Å². The Morgan fingerprint density at radius 3 is 2.42 bits per heavy atom. The minimum absolute atomic E-state index is 0. The molecular formula is C23H33FIN5O. The van der Waals surface area contributed by atoms with Gasteiger partial charge < -0.3 is 25.2 Å². The molecule has 1 aliphatic heterocycles. The lowest BCUT2D eigenvalue weighted by atomic mass is 10.1. The lowest BCUT2D eigenvalue weighted by Gasteiger charge is -2.35. The Hall–Kier alpha value is -2.07. The molecule has 0 aliphatic carbocycles. The number of para-hydroxylation sites is 1. The van der Waals surface area contributed by atoms with Crippen LogP contribution in [0.1, 0.15) is 18.1 Å². The summed E-state index contributed by atoms with van der Waals surface area (Å²) in [6, 6.07) is 13.3. The maximum atomic E-state index is 14.7. The minimum Gasteiger partial charge on any atom is -0.496 e. The number of nitrogens with one attached hydrogen (secondary N) is 2. The van der Waals surface area contributed by atoms with Crippen molar-refractivity contribution in [3.05, 3.63) is 59.4 Å². The average molecular weight is 541 g/mol. The topological polar surface area (TPSA) is 52.1 Å². The Kier molecular flexibility index (Phi) is 10.3. The molecule has 1 aliphatic rings. The van der Waals surface area contributed by atoms with E-state index in [1.807, 2.05) is 36.4 Å². The van der Waals surface area contributed by atoms with Crippen LogP contribution < -0.4 is 20.3 Å². The Balaban J connectivity index is 0.00000341. The third kappa shape index (κ3) is 6.96. The summed E-state index contributed by atoms with van der Waals surface area (Å²) >= 11 is 0. The van der Waals surface area contributed by atoms with Gasteiger partial charge in [-0.05, 0) is 30.3 Å². The highest BCUT2D eigenvalue weighted by Gasteiger charge is 2.18. The predicted octanol–water partition coefficient (Wildman–Crippen LogP) is 3.46. The Morgan fingerprint density at radius 1 is 1.06 bits per heavy atom. The molecule has 1 heterocycles. The summed E-state index contributed by atoms with van der Waals surface area (Å²) in [6.07, 6.45) is 0. The van der Waals surface area contributed by atoms with Gasteiger partial charge in [0.15, 0.2) is 5.96 Å². The number of hydrogen-bond acceptors (Lipinski definition) is 4. The van der Waals surface area contributed by atoms with E-state index in [1.54, 1.807) is 20.2 Å². The Bertz CT molecular complexity index is 856. The van der Waals surface area contributed by atoms with Crippen molar-refractivity contribution >= 4 is 35.6 Å². The maximum absolute atomic E-state index is 14.7. The lowest BCUT2D eigenvalue weighted by molar-refractivity contribution is 0.270. The summed E-state index contributed by atoms with van der Waals surface area (Å²) < 4.78 is 20.1. The molecule has 1 saturated heterocycles. The SMILES string of the molecule is CCN1CCN(c2ccc(CNC(=NC)NCc3ccccc3OC)cc2F)CC1.I. The van der Waals surface area contributed by atoms with E-state index in [9.17, 15) is 4.39 Å². The highest BCUT2D eigenvalue weighted by atomic mass is 127. The van der Waals surface area contributed by atoms with Gasteiger partial charge in [-0.1, -0.05) is 31.2 Å². The number of guanidine groups is 1. The van der Waals surface area contributed by atoms with Crippen LogP contribution >= 0.6 is 24.0 Å². The zero-order valence-corrected chi connectivity index (χ0v) is 20.9. The summed E-state index contributed by atoms with van der Waals surface area (Å²) in [4.78, 5) is 8.77. The number of benzene rings is 2. The van der Waals surface area contributed by atoms with Gasteiger partial charge in [0, 0.05) is 51.9 Å². The molecule has 31 heavy (non-hydrogen) atoms. The molecular weight excluding hydrogens is 508 g/mol. The van der Waals surface area contributed by atoms with E-state index < -0.39 is 0 Å². The van der Waals surface area contributed by atoms with Crippen LogP contribution in [-0.4, -0.2) is 57.7 Å². The van der Waals surface area contributed by atoms with Crippen LogP contribution in [0.3, 0.4) is 0 Å². The van der Waals surface area contributed by atoms with E-state index >= 15 is 0 Å². The molecule has 0 spiro atoms. The predicted molar refractivity (Wildman–Crippen MR) is 136 cm³/mol. The van der Waals surface area contributed by atoms with E-state index in [0.29, 0.717) is 24.7 Å². The fourth-order valence-corrected chi connectivity index (χ4v) is 3.66. The van der Waals surface area contributed by atoms with Crippen LogP contribution in [0.25, 0.3) is 0 Å². The standard InChI is InChI=1S/C23H32FN5O.HI/c1-4-28-11-13-29(14-12-28)21-10-9-18(15-20(21)24)16-26-23(25-2)27-17-19-7-5-6-8-22(19)30-3;/h5-10,15H,4,11-14,16-17H2,1-3H3,(H2,25,26,27);1H. The summed E-state index contributed by atoms with van der Waals surface area (Å²) in [5.41, 5.74) is 2.61. The van der Waals surface area contributed by atoms with Crippen LogP contribution in [-0.2, 0) is 13.1 Å². The molecule has 8 heteroatoms. The third-order valence-electron chi connectivity index (χ3n) is 5.49. The van der Waals surface area contributed by atoms with Crippen molar-refractivity contribution < 1.29 is 9.13 Å². The average Bonchev–Trinajstić information content (AvgIpc) is 2.79. The van der Waals surface area contributed by atoms with Crippen LogP contribution in [0.4, 0.5) is 10.1 Å². The molecule has 2 aromatic carbocycles. The van der Waals surface area contributed by atoms with Crippen molar-refractivity contribution in [2.24, 2.45) is 4.99 Å². The number of halogens is 2. The number of anilines is 1. The van der Waals surface area contributed by atoms with Gasteiger partial charge >= 0.3 is 0 Å². The van der Waals surface area contributed by atoms with Gasteiger partial charge in [0.25, 0.3) is 0 Å². The maximum Gasteiger partial charge on any atom is 0.191 e. The van der Waals surface area contributed by atoms with Gasteiger partial charge in [0.1, 0.15) is 11.6 Å². The first-order valence-corrected chi connectivity index (χ1v) is 10.5. The molecule has 170 valence electrons. The van der Waals surface area contributed by atoms with Crippen LogP contribution in [0.15, 0.2) is 47.5 Å². The molecule has 0 aromatic heterocycles. The second-order valence-corrected chi connectivity index (χ2v) is 7.30. The molecule has 0 unspecified atom stereocenters. The number of ether oxygens (including phenoxy) is 1. The first kappa shape index (κ1) is 25.2. The number of aliphatic imine (C=N–C) groups is 1. The first-order chi connectivity index (χ1) is 14.6. The normalized spacial score (nSPS) is 14.7. The zero-order valence-electron chi connectivity index (χ0n) is 18.5. The third-order valence-corrected chi connectivity index (χ3v) is 5.49. The molecule has 0 amide bonds. The van der Waals surface area contributed by atoms with Gasteiger partial charge in [0.2, 0.25) is 0 Å². The van der Waals surface area contributed by atoms with Crippen molar-refractivity contribution in [3.63, 3.8) is 0 Å². The van der Waals surface area contributed by atoms with Gasteiger partial charge in [-0.3, -0.25) is 4.99 Å². The number of methoxy groups -OCH3 is 1. The van der Waals surface area contributed by atoms with Gasteiger partial charge in [0.05, 0.1) is 12.8 Å². The quantitative estimate of drug-likeness (QED) is 0.320. The summed E-state index contributed by atoms with van der Waals surface area (Å²) in [6.45, 7) is 7.97. The fourth-order valence-electron chi connectivity index (χ4n) is 3.66. The van der Waals surface area contributed by atoms with Crippen molar-refractivity contribution in [2.75, 3.05) is 51.8 Å². The zero-order chi connectivity index (χ0) is 21.3. The molecule has 3 rings (SSSR count). The van der Waals surface area contributed by atoms with Gasteiger partial charge in [-0.25, -0.2) is 4.39 Å². The van der Waals surface area contributed by atoms with Crippen LogP contribution in [0, 0.1) is 5.82 Å². The van der Waals surface area contributed by atoms with Crippen molar-refractivity contribution in [1.82, 2.24) is 15.5 Å². The van der Waals surface area contributed by atoms with E-state index in [4.69, 9.17) is 4.74 Å². The number of likely N-dealkylation sites (N-methyl/N-ethyl adjacent to an activating group) is 1. The molecule has 0 atom stereocenters. The number of rotatable bonds is 7. The summed E-state index contributed by atoms with van der Waals surface area (Å²) in [5.74, 6) is 1.31. The molecule has 2 aromatic rings. The highest BCUT2D eigenvalue weighted by molar-refractivity contribution is 14.0. The van der Waals surface area contributed by atoms with Gasteiger partial charge in [-0.2, -0.15) is 0 Å². The molecule has 2 N–H and O–H groups in total. The molecule has 0 radical (unpaired) electrons. The number of piperazine rings is 1. The molecule has 0 saturated carbocycles. The highest BCUT2D eigenvalue weighted by Crippen LogP contribution is 2.22. The summed E-state index contributed by atoms with van der Waals surface area (Å²) in [7, 11) is 3.38. The van der Waals surface area contributed by atoms with E-state index in [-0.39, 0.29) is 29.8 Å². The van der Waals surface area contributed by atoms with E-state index in [2.05, 4.69) is 32.3 Å². The summed E-state index contributed by atoms with van der Waals surface area (Å²) in [5, 5.41) is 6.51. The first-order valence-electron chi connectivity index (χ1n) is 10.5. The smallest absolute Gasteiger partial charge is 0.191 e.